The van der Waals surface area contributed by atoms with Gasteiger partial charge in [0.25, 0.3) is 0 Å². The SMILES string of the molecule is CCCOC1=C(I)C(=O)C[C@@H](C)[C@]12Oc1c(Cl)c(OC)cc(OC)c1C2=O. The summed E-state index contributed by atoms with van der Waals surface area (Å²) >= 11 is 8.36. The Balaban J connectivity index is 2.25. The van der Waals surface area contributed by atoms with E-state index in [0.717, 1.165) is 6.42 Å². The van der Waals surface area contributed by atoms with Crippen LogP contribution in [-0.4, -0.2) is 38.0 Å². The molecule has 1 aromatic carbocycles. The third-order valence-electron chi connectivity index (χ3n) is 4.84. The molecule has 1 spiro atoms. The molecule has 1 aromatic rings. The molecule has 1 aliphatic heterocycles. The molecule has 0 saturated carbocycles. The van der Waals surface area contributed by atoms with Crippen molar-refractivity contribution in [1.29, 1.82) is 0 Å². The summed E-state index contributed by atoms with van der Waals surface area (Å²) in [6, 6.07) is 1.56. The lowest BCUT2D eigenvalue weighted by Crippen LogP contribution is -2.52. The minimum absolute atomic E-state index is 0.0668. The van der Waals surface area contributed by atoms with E-state index in [-0.39, 0.29) is 40.1 Å². The van der Waals surface area contributed by atoms with Gasteiger partial charge in [0.2, 0.25) is 11.4 Å². The molecule has 0 aromatic heterocycles. The molecule has 0 saturated heterocycles. The molecule has 0 radical (unpaired) electrons. The van der Waals surface area contributed by atoms with Crippen LogP contribution in [0.25, 0.3) is 0 Å². The van der Waals surface area contributed by atoms with Crippen molar-refractivity contribution in [2.75, 3.05) is 20.8 Å². The molecule has 3 rings (SSSR count). The standard InChI is InChI=1S/C19H20ClIO6/c1-5-6-26-18-15(21)10(22)7-9(2)19(18)17(23)13-11(24-3)8-12(25-4)14(20)16(13)27-19/h8-9H,5-7H2,1-4H3/t9-,19-/m1/s1. The summed E-state index contributed by atoms with van der Waals surface area (Å²) in [4.78, 5) is 26.0. The van der Waals surface area contributed by atoms with Crippen molar-refractivity contribution < 1.29 is 28.5 Å². The van der Waals surface area contributed by atoms with Gasteiger partial charge in [-0.3, -0.25) is 9.59 Å². The molecule has 6 nitrogen and oxygen atoms in total. The van der Waals surface area contributed by atoms with Crippen LogP contribution in [0.3, 0.4) is 0 Å². The molecule has 0 bridgehead atoms. The second-order valence-electron chi connectivity index (χ2n) is 6.49. The average Bonchev–Trinajstić information content (AvgIpc) is 2.96. The van der Waals surface area contributed by atoms with Gasteiger partial charge in [-0.1, -0.05) is 25.4 Å². The molecule has 0 amide bonds. The fourth-order valence-electron chi connectivity index (χ4n) is 3.47. The molecular formula is C19H20ClIO6. The van der Waals surface area contributed by atoms with Crippen LogP contribution in [0.2, 0.25) is 5.02 Å². The monoisotopic (exact) mass is 506 g/mol. The summed E-state index contributed by atoms with van der Waals surface area (Å²) in [6.07, 6.45) is 0.902. The first-order chi connectivity index (χ1) is 12.8. The predicted molar refractivity (Wildman–Crippen MR) is 108 cm³/mol. The fraction of sp³-hybridized carbons (Fsp3) is 0.474. The highest BCUT2D eigenvalue weighted by molar-refractivity contribution is 14.1. The van der Waals surface area contributed by atoms with Crippen molar-refractivity contribution in [2.45, 2.75) is 32.3 Å². The lowest BCUT2D eigenvalue weighted by atomic mass is 9.75. The van der Waals surface area contributed by atoms with Crippen molar-refractivity contribution in [1.82, 2.24) is 0 Å². The number of halogens is 2. The van der Waals surface area contributed by atoms with E-state index in [1.54, 1.807) is 13.0 Å². The van der Waals surface area contributed by atoms with Gasteiger partial charge in [0.1, 0.15) is 22.1 Å². The Hall–Kier alpha value is -1.48. The van der Waals surface area contributed by atoms with Gasteiger partial charge in [-0.15, -0.1) is 0 Å². The topological polar surface area (TPSA) is 71.1 Å². The normalized spacial score (nSPS) is 24.1. The maximum Gasteiger partial charge on any atom is 0.232 e. The highest BCUT2D eigenvalue weighted by atomic mass is 127. The Labute approximate surface area is 176 Å². The van der Waals surface area contributed by atoms with Gasteiger partial charge < -0.3 is 18.9 Å². The molecule has 27 heavy (non-hydrogen) atoms. The Kier molecular flexibility index (Phi) is 5.63. The number of hydrogen-bond acceptors (Lipinski definition) is 6. The van der Waals surface area contributed by atoms with Gasteiger partial charge in [-0.05, 0) is 29.0 Å². The highest BCUT2D eigenvalue weighted by Gasteiger charge is 2.61. The molecule has 0 unspecified atom stereocenters. The van der Waals surface area contributed by atoms with Crippen molar-refractivity contribution in [3.63, 3.8) is 0 Å². The first-order valence-corrected chi connectivity index (χ1v) is 10.0. The second kappa shape index (κ2) is 7.50. The molecular weight excluding hydrogens is 487 g/mol. The van der Waals surface area contributed by atoms with Gasteiger partial charge >= 0.3 is 0 Å². The van der Waals surface area contributed by atoms with Crippen LogP contribution in [-0.2, 0) is 9.53 Å². The zero-order valence-corrected chi connectivity index (χ0v) is 18.4. The summed E-state index contributed by atoms with van der Waals surface area (Å²) in [6.45, 7) is 4.12. The van der Waals surface area contributed by atoms with Gasteiger partial charge in [0, 0.05) is 18.4 Å². The maximum absolute atomic E-state index is 13.6. The first-order valence-electron chi connectivity index (χ1n) is 8.57. The molecule has 1 aliphatic carbocycles. The van der Waals surface area contributed by atoms with Crippen molar-refractivity contribution >= 4 is 45.8 Å². The Morgan fingerprint density at radius 3 is 2.56 bits per heavy atom. The lowest BCUT2D eigenvalue weighted by molar-refractivity contribution is -0.118. The number of carbonyl (C=O) groups is 2. The molecule has 0 fully saturated rings. The summed E-state index contributed by atoms with van der Waals surface area (Å²) in [5, 5.41) is 0.187. The first kappa shape index (κ1) is 20.3. The smallest absolute Gasteiger partial charge is 0.232 e. The Bertz CT molecular complexity index is 849. The van der Waals surface area contributed by atoms with Gasteiger partial charge in [0.05, 0.1) is 24.4 Å². The van der Waals surface area contributed by atoms with E-state index in [2.05, 4.69) is 0 Å². The molecule has 2 aliphatic rings. The van der Waals surface area contributed by atoms with Crippen molar-refractivity contribution in [3.05, 3.63) is 26.0 Å². The largest absolute Gasteiger partial charge is 0.496 e. The van der Waals surface area contributed by atoms with Crippen molar-refractivity contribution in [3.8, 4) is 17.2 Å². The van der Waals surface area contributed by atoms with Crippen LogP contribution in [0.5, 0.6) is 17.2 Å². The summed E-state index contributed by atoms with van der Waals surface area (Å²) in [5.74, 6) is 0.283. The van der Waals surface area contributed by atoms with Crippen molar-refractivity contribution in [2.24, 2.45) is 5.92 Å². The van der Waals surface area contributed by atoms with Gasteiger partial charge in [-0.25, -0.2) is 0 Å². The third kappa shape index (κ3) is 2.90. The maximum atomic E-state index is 13.6. The zero-order chi connectivity index (χ0) is 19.9. The van der Waals surface area contributed by atoms with Crippen LogP contribution in [0.1, 0.15) is 37.0 Å². The van der Waals surface area contributed by atoms with Gasteiger partial charge in [0.15, 0.2) is 17.3 Å². The molecule has 1 heterocycles. The Morgan fingerprint density at radius 2 is 1.96 bits per heavy atom. The van der Waals surface area contributed by atoms with E-state index in [1.807, 2.05) is 29.5 Å². The fourth-order valence-corrected chi connectivity index (χ4v) is 4.52. The van der Waals surface area contributed by atoms with E-state index in [4.69, 9.17) is 30.5 Å². The van der Waals surface area contributed by atoms with E-state index in [9.17, 15) is 9.59 Å². The van der Waals surface area contributed by atoms with Crippen LogP contribution >= 0.6 is 34.2 Å². The number of ether oxygens (including phenoxy) is 4. The van der Waals surface area contributed by atoms with E-state index < -0.39 is 11.5 Å². The van der Waals surface area contributed by atoms with Crippen LogP contribution in [0.15, 0.2) is 15.4 Å². The van der Waals surface area contributed by atoms with Crippen LogP contribution < -0.4 is 14.2 Å². The number of ketones is 2. The van der Waals surface area contributed by atoms with E-state index in [0.29, 0.717) is 21.7 Å². The summed E-state index contributed by atoms with van der Waals surface area (Å²) < 4.78 is 23.2. The minimum Gasteiger partial charge on any atom is -0.496 e. The van der Waals surface area contributed by atoms with E-state index in [1.165, 1.54) is 14.2 Å². The Morgan fingerprint density at radius 1 is 1.30 bits per heavy atom. The number of benzene rings is 1. The van der Waals surface area contributed by atoms with Gasteiger partial charge in [-0.2, -0.15) is 0 Å². The van der Waals surface area contributed by atoms with Crippen LogP contribution in [0.4, 0.5) is 0 Å². The molecule has 146 valence electrons. The summed E-state index contributed by atoms with van der Waals surface area (Å²) in [5.41, 5.74) is -1.20. The lowest BCUT2D eigenvalue weighted by Gasteiger charge is -2.38. The quantitative estimate of drug-likeness (QED) is 0.553. The molecule has 2 atom stereocenters. The van der Waals surface area contributed by atoms with E-state index >= 15 is 0 Å². The number of rotatable bonds is 5. The molecule has 0 N–H and O–H groups in total. The number of fused-ring (bicyclic) bond motifs is 1. The number of carbonyl (C=O) groups excluding carboxylic acids is 2. The number of allylic oxidation sites excluding steroid dienone is 1. The number of methoxy groups -OCH3 is 2. The van der Waals surface area contributed by atoms with Crippen LogP contribution in [0, 0.1) is 5.92 Å². The number of Topliss-reactive ketones (excluding diaryl/α,β-unsaturated/α-hetero) is 2. The number of hydrogen-bond donors (Lipinski definition) is 0. The highest BCUT2D eigenvalue weighted by Crippen LogP contribution is 2.55. The predicted octanol–water partition coefficient (Wildman–Crippen LogP) is 4.35. The summed E-state index contributed by atoms with van der Waals surface area (Å²) in [7, 11) is 2.93. The minimum atomic E-state index is -1.44. The third-order valence-corrected chi connectivity index (χ3v) is 6.29. The zero-order valence-electron chi connectivity index (χ0n) is 15.5. The average molecular weight is 507 g/mol. The second-order valence-corrected chi connectivity index (χ2v) is 7.94. The molecule has 8 heteroatoms.